The van der Waals surface area contributed by atoms with Crippen LogP contribution in [-0.2, 0) is 20.9 Å². The van der Waals surface area contributed by atoms with Gasteiger partial charge in [-0.05, 0) is 24.0 Å². The number of hydrogen-bond acceptors (Lipinski definition) is 5. The number of hydrogen-bond donors (Lipinski definition) is 0. The number of nitro groups is 1. The highest BCUT2D eigenvalue weighted by Crippen LogP contribution is 2.30. The number of nitro benzene ring substituents is 1. The van der Waals surface area contributed by atoms with Crippen LogP contribution in [0.25, 0.3) is 0 Å². The van der Waals surface area contributed by atoms with Crippen LogP contribution in [0.1, 0.15) is 36.3 Å². The average molecular weight is 424 g/mol. The third-order valence-corrected chi connectivity index (χ3v) is 5.64. The molecule has 1 fully saturated rings. The second kappa shape index (κ2) is 10.8. The summed E-state index contributed by atoms with van der Waals surface area (Å²) in [6, 6.07) is 16.1. The zero-order valence-electron chi connectivity index (χ0n) is 17.7. The molecule has 2 unspecified atom stereocenters. The van der Waals surface area contributed by atoms with E-state index in [9.17, 15) is 14.9 Å². The number of benzene rings is 2. The lowest BCUT2D eigenvalue weighted by molar-refractivity contribution is -0.384. The van der Waals surface area contributed by atoms with Crippen LogP contribution < -0.4 is 0 Å². The molecular formula is C24H28N2O5. The third kappa shape index (κ3) is 5.77. The lowest BCUT2D eigenvalue weighted by Gasteiger charge is -2.30. The van der Waals surface area contributed by atoms with E-state index < -0.39 is 4.92 Å². The first-order chi connectivity index (χ1) is 15.0. The minimum atomic E-state index is -0.439. The number of amides is 1. The van der Waals surface area contributed by atoms with Crippen LogP contribution >= 0.6 is 0 Å². The number of methoxy groups -OCH3 is 1. The molecule has 2 aromatic carbocycles. The van der Waals surface area contributed by atoms with Crippen LogP contribution in [0.15, 0.2) is 67.3 Å². The molecule has 0 aliphatic carbocycles. The van der Waals surface area contributed by atoms with Gasteiger partial charge in [0.1, 0.15) is 6.23 Å². The Morgan fingerprint density at radius 3 is 2.55 bits per heavy atom. The Labute approximate surface area is 182 Å². The molecule has 0 aromatic heterocycles. The third-order valence-electron chi connectivity index (χ3n) is 5.64. The highest BCUT2D eigenvalue weighted by atomic mass is 16.6. The lowest BCUT2D eigenvalue weighted by Crippen LogP contribution is -2.44. The first-order valence-electron chi connectivity index (χ1n) is 10.4. The first-order valence-corrected chi connectivity index (χ1v) is 10.4. The SMILES string of the molecule is C=CC(CC(=O)N1C(OC)CC[C@H]1COCc1ccccc1)c1ccc([N+](=O)[O-])cc1. The van der Waals surface area contributed by atoms with Crippen LogP contribution in [-0.4, -0.2) is 41.7 Å². The fourth-order valence-corrected chi connectivity index (χ4v) is 3.97. The number of nitrogens with zero attached hydrogens (tertiary/aromatic N) is 2. The van der Waals surface area contributed by atoms with E-state index >= 15 is 0 Å². The van der Waals surface area contributed by atoms with Crippen molar-refractivity contribution in [3.05, 3.63) is 88.5 Å². The molecule has 0 bridgehead atoms. The van der Waals surface area contributed by atoms with Crippen molar-refractivity contribution in [3.63, 3.8) is 0 Å². The summed E-state index contributed by atoms with van der Waals surface area (Å²) < 4.78 is 11.4. The maximum Gasteiger partial charge on any atom is 0.269 e. The molecule has 3 rings (SSSR count). The maximum atomic E-state index is 13.2. The van der Waals surface area contributed by atoms with Gasteiger partial charge in [0.2, 0.25) is 5.91 Å². The zero-order valence-corrected chi connectivity index (χ0v) is 17.7. The summed E-state index contributed by atoms with van der Waals surface area (Å²) in [4.78, 5) is 25.4. The number of rotatable bonds is 10. The Morgan fingerprint density at radius 2 is 1.94 bits per heavy atom. The van der Waals surface area contributed by atoms with E-state index in [1.165, 1.54) is 12.1 Å². The number of carbonyl (C=O) groups excluding carboxylic acids is 1. The Morgan fingerprint density at radius 1 is 1.23 bits per heavy atom. The molecule has 1 heterocycles. The number of likely N-dealkylation sites (tertiary alicyclic amines) is 1. The van der Waals surface area contributed by atoms with E-state index in [4.69, 9.17) is 9.47 Å². The number of allylic oxidation sites excluding steroid dienone is 1. The molecule has 164 valence electrons. The molecule has 0 spiro atoms. The molecule has 3 atom stereocenters. The molecule has 2 aromatic rings. The van der Waals surface area contributed by atoms with E-state index in [0.717, 1.165) is 24.0 Å². The van der Waals surface area contributed by atoms with E-state index in [-0.39, 0.29) is 36.2 Å². The van der Waals surface area contributed by atoms with Gasteiger partial charge in [0.05, 0.1) is 24.2 Å². The van der Waals surface area contributed by atoms with Gasteiger partial charge in [-0.3, -0.25) is 14.9 Å². The fraction of sp³-hybridized carbons (Fsp3) is 0.375. The normalized spacial score (nSPS) is 19.2. The molecule has 1 saturated heterocycles. The fourth-order valence-electron chi connectivity index (χ4n) is 3.97. The van der Waals surface area contributed by atoms with Gasteiger partial charge in [0.25, 0.3) is 5.69 Å². The highest BCUT2D eigenvalue weighted by Gasteiger charge is 2.37. The second-order valence-corrected chi connectivity index (χ2v) is 7.62. The lowest BCUT2D eigenvalue weighted by atomic mass is 9.95. The monoisotopic (exact) mass is 424 g/mol. The largest absolute Gasteiger partial charge is 0.375 e. The van der Waals surface area contributed by atoms with Crippen LogP contribution in [0.4, 0.5) is 5.69 Å². The van der Waals surface area contributed by atoms with Crippen LogP contribution in [0, 0.1) is 10.1 Å². The van der Waals surface area contributed by atoms with Crippen molar-refractivity contribution in [1.29, 1.82) is 0 Å². The topological polar surface area (TPSA) is 81.9 Å². The van der Waals surface area contributed by atoms with E-state index in [0.29, 0.717) is 13.2 Å². The molecule has 1 aliphatic heterocycles. The summed E-state index contributed by atoms with van der Waals surface area (Å²) in [6.45, 7) is 4.79. The van der Waals surface area contributed by atoms with Crippen molar-refractivity contribution < 1.29 is 19.2 Å². The average Bonchev–Trinajstić information content (AvgIpc) is 3.21. The van der Waals surface area contributed by atoms with Gasteiger partial charge in [0.15, 0.2) is 0 Å². The molecule has 7 nitrogen and oxygen atoms in total. The summed E-state index contributed by atoms with van der Waals surface area (Å²) in [5.74, 6) is -0.279. The van der Waals surface area contributed by atoms with Crippen LogP contribution in [0.5, 0.6) is 0 Å². The van der Waals surface area contributed by atoms with E-state index in [1.807, 2.05) is 30.3 Å². The first kappa shape index (κ1) is 22.7. The van der Waals surface area contributed by atoms with Gasteiger partial charge in [-0.1, -0.05) is 48.5 Å². The van der Waals surface area contributed by atoms with Crippen LogP contribution in [0.2, 0.25) is 0 Å². The number of ether oxygens (including phenoxy) is 2. The van der Waals surface area contributed by atoms with Crippen molar-refractivity contribution >= 4 is 11.6 Å². The maximum absolute atomic E-state index is 13.2. The zero-order chi connectivity index (χ0) is 22.2. The smallest absolute Gasteiger partial charge is 0.269 e. The summed E-state index contributed by atoms with van der Waals surface area (Å²) >= 11 is 0. The predicted molar refractivity (Wildman–Crippen MR) is 117 cm³/mol. The predicted octanol–water partition coefficient (Wildman–Crippen LogP) is 4.43. The minimum Gasteiger partial charge on any atom is -0.375 e. The quantitative estimate of drug-likeness (QED) is 0.320. The molecule has 1 amide bonds. The van der Waals surface area contributed by atoms with Crippen LogP contribution in [0.3, 0.4) is 0 Å². The molecular weight excluding hydrogens is 396 g/mol. The van der Waals surface area contributed by atoms with Crippen molar-refractivity contribution in [2.24, 2.45) is 0 Å². The summed E-state index contributed by atoms with van der Waals surface area (Å²) in [5, 5.41) is 10.9. The molecule has 7 heteroatoms. The Bertz CT molecular complexity index is 885. The van der Waals surface area contributed by atoms with Gasteiger partial charge >= 0.3 is 0 Å². The molecule has 31 heavy (non-hydrogen) atoms. The Hall–Kier alpha value is -3.03. The number of carbonyl (C=O) groups is 1. The summed E-state index contributed by atoms with van der Waals surface area (Å²) in [7, 11) is 1.61. The Kier molecular flexibility index (Phi) is 7.92. The molecule has 0 N–H and O–H groups in total. The van der Waals surface area contributed by atoms with Gasteiger partial charge in [-0.15, -0.1) is 6.58 Å². The van der Waals surface area contributed by atoms with Gasteiger partial charge < -0.3 is 14.4 Å². The number of non-ortho nitro benzene ring substituents is 1. The van der Waals surface area contributed by atoms with E-state index in [2.05, 4.69) is 6.58 Å². The molecule has 0 saturated carbocycles. The summed E-state index contributed by atoms with van der Waals surface area (Å²) in [6.07, 6.45) is 3.22. The molecule has 1 aliphatic rings. The van der Waals surface area contributed by atoms with Crippen molar-refractivity contribution in [2.45, 2.75) is 44.1 Å². The van der Waals surface area contributed by atoms with Crippen molar-refractivity contribution in [1.82, 2.24) is 4.90 Å². The van der Waals surface area contributed by atoms with Crippen molar-refractivity contribution in [2.75, 3.05) is 13.7 Å². The van der Waals surface area contributed by atoms with Gasteiger partial charge in [-0.2, -0.15) is 0 Å². The highest BCUT2D eigenvalue weighted by molar-refractivity contribution is 5.78. The van der Waals surface area contributed by atoms with Crippen molar-refractivity contribution in [3.8, 4) is 0 Å². The summed E-state index contributed by atoms with van der Waals surface area (Å²) in [5.41, 5.74) is 1.93. The molecule has 0 radical (unpaired) electrons. The Balaban J connectivity index is 1.64. The second-order valence-electron chi connectivity index (χ2n) is 7.62. The van der Waals surface area contributed by atoms with E-state index in [1.54, 1.807) is 30.2 Å². The van der Waals surface area contributed by atoms with Gasteiger partial charge in [-0.25, -0.2) is 0 Å². The van der Waals surface area contributed by atoms with Gasteiger partial charge in [0, 0.05) is 31.6 Å². The standard InChI is InChI=1S/C24H28N2O5/c1-3-19(20-9-11-21(12-10-20)26(28)29)15-23(27)25-22(13-14-24(25)30-2)17-31-16-18-7-5-4-6-8-18/h3-12,19,22,24H,1,13-17H2,2H3/t19?,22-,24?/m0/s1. The minimum absolute atomic E-state index is 0.0208.